The van der Waals surface area contributed by atoms with Crippen molar-refractivity contribution in [2.75, 3.05) is 20.3 Å². The van der Waals surface area contributed by atoms with Gasteiger partial charge in [-0.3, -0.25) is 9.59 Å². The molecule has 6 heteroatoms. The molecule has 1 N–H and O–H groups in total. The third-order valence-corrected chi connectivity index (χ3v) is 1.09. The first-order chi connectivity index (χ1) is 5.66. The van der Waals surface area contributed by atoms with Crippen molar-refractivity contribution in [2.45, 2.75) is 12.8 Å². The molecule has 0 saturated carbocycles. The molecule has 0 rings (SSSR count). The zero-order valence-corrected chi connectivity index (χ0v) is 10.6. The van der Waals surface area contributed by atoms with E-state index in [1.54, 1.807) is 0 Å². The molecule has 0 atom stereocenters. The standard InChI is InChI=1S/C7H12O5.Zn/c1-11-4-5-12-7(10)3-2-6(8)9;/h2-5H2,1H3,(H,8,9);. The van der Waals surface area contributed by atoms with Gasteiger partial charge in [-0.15, -0.1) is 0 Å². The van der Waals surface area contributed by atoms with Gasteiger partial charge < -0.3 is 14.6 Å². The number of esters is 1. The van der Waals surface area contributed by atoms with Crippen molar-refractivity contribution in [3.63, 3.8) is 0 Å². The number of carboxylic acids is 1. The minimum Gasteiger partial charge on any atom is -0.481 e. The summed E-state index contributed by atoms with van der Waals surface area (Å²) in [4.78, 5) is 20.7. The van der Waals surface area contributed by atoms with Gasteiger partial charge in [0.2, 0.25) is 0 Å². The molecule has 0 fully saturated rings. The van der Waals surface area contributed by atoms with Gasteiger partial charge >= 0.3 is 11.9 Å². The first kappa shape index (κ1) is 15.0. The van der Waals surface area contributed by atoms with Crippen LogP contribution in [0.1, 0.15) is 12.8 Å². The van der Waals surface area contributed by atoms with E-state index in [1.807, 2.05) is 0 Å². The van der Waals surface area contributed by atoms with Crippen LogP contribution in [0.25, 0.3) is 0 Å². The Labute approximate surface area is 89.2 Å². The van der Waals surface area contributed by atoms with Crippen molar-refractivity contribution < 1.29 is 43.6 Å². The quantitative estimate of drug-likeness (QED) is 0.404. The van der Waals surface area contributed by atoms with E-state index in [9.17, 15) is 9.59 Å². The number of rotatable bonds is 6. The van der Waals surface area contributed by atoms with E-state index in [4.69, 9.17) is 5.11 Å². The molecule has 0 bridgehead atoms. The van der Waals surface area contributed by atoms with Crippen molar-refractivity contribution in [2.24, 2.45) is 0 Å². The number of carboxylic acid groups (broad SMARTS) is 1. The first-order valence-electron chi connectivity index (χ1n) is 3.53. The van der Waals surface area contributed by atoms with E-state index in [0.717, 1.165) is 0 Å². The first-order valence-corrected chi connectivity index (χ1v) is 3.53. The fourth-order valence-corrected chi connectivity index (χ4v) is 0.520. The Bertz CT molecular complexity index is 159. The van der Waals surface area contributed by atoms with Gasteiger partial charge in [0.05, 0.1) is 19.4 Å². The summed E-state index contributed by atoms with van der Waals surface area (Å²) in [5.74, 6) is -1.51. The zero-order chi connectivity index (χ0) is 9.40. The second-order valence-corrected chi connectivity index (χ2v) is 2.11. The summed E-state index contributed by atoms with van der Waals surface area (Å²) in [6.07, 6.45) is -0.273. The largest absolute Gasteiger partial charge is 0.481 e. The molecule has 0 aromatic carbocycles. The molecular weight excluding hydrogens is 229 g/mol. The van der Waals surface area contributed by atoms with Gasteiger partial charge in [0, 0.05) is 26.6 Å². The second kappa shape index (κ2) is 9.61. The van der Waals surface area contributed by atoms with Crippen molar-refractivity contribution in [1.82, 2.24) is 0 Å². The second-order valence-electron chi connectivity index (χ2n) is 2.11. The normalized spacial score (nSPS) is 8.69. The molecule has 0 saturated heterocycles. The van der Waals surface area contributed by atoms with Crippen molar-refractivity contribution in [1.29, 1.82) is 0 Å². The van der Waals surface area contributed by atoms with Crippen LogP contribution in [0.3, 0.4) is 0 Å². The summed E-state index contributed by atoms with van der Waals surface area (Å²) in [5, 5.41) is 8.20. The van der Waals surface area contributed by atoms with E-state index in [-0.39, 0.29) is 38.9 Å². The number of hydrogen-bond donors (Lipinski definition) is 1. The third kappa shape index (κ3) is 11.5. The predicted octanol–water partition coefficient (Wildman–Crippen LogP) is 0.0383. The van der Waals surface area contributed by atoms with Crippen LogP contribution in [-0.4, -0.2) is 37.4 Å². The molecule has 13 heavy (non-hydrogen) atoms. The molecule has 0 spiro atoms. The van der Waals surface area contributed by atoms with Crippen LogP contribution in [0, 0.1) is 0 Å². The number of methoxy groups -OCH3 is 1. The molecule has 0 radical (unpaired) electrons. The maximum absolute atomic E-state index is 10.7. The summed E-state index contributed by atoms with van der Waals surface area (Å²) in [6, 6.07) is 0. The Morgan fingerprint density at radius 2 is 1.85 bits per heavy atom. The van der Waals surface area contributed by atoms with Crippen LogP contribution < -0.4 is 0 Å². The van der Waals surface area contributed by atoms with Crippen molar-refractivity contribution in [3.05, 3.63) is 0 Å². The Morgan fingerprint density at radius 1 is 1.23 bits per heavy atom. The smallest absolute Gasteiger partial charge is 0.306 e. The Morgan fingerprint density at radius 3 is 2.31 bits per heavy atom. The zero-order valence-electron chi connectivity index (χ0n) is 7.62. The van der Waals surface area contributed by atoms with Crippen molar-refractivity contribution in [3.8, 4) is 0 Å². The predicted molar refractivity (Wildman–Crippen MR) is 39.7 cm³/mol. The summed E-state index contributed by atoms with van der Waals surface area (Å²) in [5.41, 5.74) is 0. The molecule has 0 aromatic heterocycles. The SMILES string of the molecule is COCCOC(=O)CCC(=O)O.[Zn]. The molecule has 0 aromatic rings. The fraction of sp³-hybridized carbons (Fsp3) is 0.714. The maximum atomic E-state index is 10.7. The number of ether oxygens (including phenoxy) is 2. The molecule has 0 unspecified atom stereocenters. The van der Waals surface area contributed by atoms with Gasteiger partial charge in [0.15, 0.2) is 0 Å². The van der Waals surface area contributed by atoms with Gasteiger partial charge in [0.1, 0.15) is 6.61 Å². The minimum absolute atomic E-state index is 0. The maximum Gasteiger partial charge on any atom is 0.306 e. The van der Waals surface area contributed by atoms with E-state index in [2.05, 4.69) is 9.47 Å². The van der Waals surface area contributed by atoms with E-state index in [0.29, 0.717) is 6.61 Å². The van der Waals surface area contributed by atoms with Gasteiger partial charge in [0.25, 0.3) is 0 Å². The van der Waals surface area contributed by atoms with Crippen LogP contribution in [-0.2, 0) is 38.5 Å². The van der Waals surface area contributed by atoms with Crippen LogP contribution in [0.5, 0.6) is 0 Å². The monoisotopic (exact) mass is 240 g/mol. The number of aliphatic carboxylic acids is 1. The molecule has 72 valence electrons. The summed E-state index contributed by atoms with van der Waals surface area (Å²) in [7, 11) is 1.49. The van der Waals surface area contributed by atoms with Crippen LogP contribution in [0.4, 0.5) is 0 Å². The molecule has 0 aliphatic carbocycles. The van der Waals surface area contributed by atoms with Crippen molar-refractivity contribution >= 4 is 11.9 Å². The molecule has 0 aliphatic rings. The number of carbonyl (C=O) groups excluding carboxylic acids is 1. The van der Waals surface area contributed by atoms with E-state index < -0.39 is 11.9 Å². The average molecular weight is 242 g/mol. The van der Waals surface area contributed by atoms with E-state index in [1.165, 1.54) is 7.11 Å². The average Bonchev–Trinajstić information content (AvgIpc) is 2.01. The van der Waals surface area contributed by atoms with E-state index >= 15 is 0 Å². The summed E-state index contributed by atoms with van der Waals surface area (Å²) < 4.78 is 9.23. The van der Waals surface area contributed by atoms with Crippen LogP contribution in [0.2, 0.25) is 0 Å². The summed E-state index contributed by atoms with van der Waals surface area (Å²) in [6.45, 7) is 0.508. The molecule has 5 nitrogen and oxygen atoms in total. The van der Waals surface area contributed by atoms with Gasteiger partial charge in [-0.2, -0.15) is 0 Å². The molecule has 0 heterocycles. The fourth-order valence-electron chi connectivity index (χ4n) is 0.520. The molecule has 0 aliphatic heterocycles. The molecule has 0 amide bonds. The summed E-state index contributed by atoms with van der Waals surface area (Å²) >= 11 is 0. The van der Waals surface area contributed by atoms with Crippen LogP contribution in [0.15, 0.2) is 0 Å². The topological polar surface area (TPSA) is 72.8 Å². The minimum atomic E-state index is -1.00. The van der Waals surface area contributed by atoms with Gasteiger partial charge in [-0.05, 0) is 0 Å². The van der Waals surface area contributed by atoms with Gasteiger partial charge in [-0.1, -0.05) is 0 Å². The van der Waals surface area contributed by atoms with Gasteiger partial charge in [-0.25, -0.2) is 0 Å². The Hall–Kier alpha value is -0.477. The third-order valence-electron chi connectivity index (χ3n) is 1.09. The Kier molecular flexibility index (Phi) is 11.1. The number of carbonyl (C=O) groups is 2. The van der Waals surface area contributed by atoms with Crippen LogP contribution >= 0.6 is 0 Å². The Balaban J connectivity index is 0. The molecular formula is C7H12O5Zn. The number of hydrogen-bond acceptors (Lipinski definition) is 4.